The van der Waals surface area contributed by atoms with Crippen molar-refractivity contribution in [3.63, 3.8) is 0 Å². The molecule has 0 spiro atoms. The molecular formula is C28H28FN3O3S. The van der Waals surface area contributed by atoms with E-state index < -0.39 is 5.82 Å². The molecule has 0 aliphatic heterocycles. The molecule has 2 atom stereocenters. The molecule has 2 aromatic heterocycles. The Morgan fingerprint density at radius 2 is 1.92 bits per heavy atom. The van der Waals surface area contributed by atoms with Crippen LogP contribution in [0.15, 0.2) is 54.7 Å². The van der Waals surface area contributed by atoms with E-state index in [0.29, 0.717) is 22.8 Å². The standard InChI is InChI=1S/C28H28FN3O3S/c1-32(2)28(34)18-7-9-22(29)21(13-18)24-15-20(11-12-30-24)35-19-8-10-23-26(16-19)36-27(31-23)14-17-5-3-4-6-25(17)33/h7-13,15-17,25,33H,3-6,14H2,1-2H3/t17-,25+/m0/s1. The maximum absolute atomic E-state index is 14.6. The fourth-order valence-corrected chi connectivity index (χ4v) is 5.71. The van der Waals surface area contributed by atoms with E-state index in [1.165, 1.54) is 29.5 Å². The lowest BCUT2D eigenvalue weighted by atomic mass is 9.84. The van der Waals surface area contributed by atoms with Crippen LogP contribution in [-0.2, 0) is 6.42 Å². The van der Waals surface area contributed by atoms with Gasteiger partial charge in [-0.05, 0) is 55.2 Å². The highest BCUT2D eigenvalue weighted by Gasteiger charge is 2.24. The summed E-state index contributed by atoms with van der Waals surface area (Å²) in [6.45, 7) is 0. The Morgan fingerprint density at radius 3 is 2.72 bits per heavy atom. The van der Waals surface area contributed by atoms with Gasteiger partial charge in [-0.25, -0.2) is 9.37 Å². The number of fused-ring (bicyclic) bond motifs is 1. The molecule has 1 aliphatic rings. The number of hydrogen-bond acceptors (Lipinski definition) is 6. The zero-order valence-electron chi connectivity index (χ0n) is 20.3. The summed E-state index contributed by atoms with van der Waals surface area (Å²) >= 11 is 1.63. The number of pyridine rings is 1. The third kappa shape index (κ3) is 5.24. The van der Waals surface area contributed by atoms with Crippen molar-refractivity contribution in [1.29, 1.82) is 0 Å². The number of hydrogen-bond donors (Lipinski definition) is 1. The maximum Gasteiger partial charge on any atom is 0.253 e. The molecular weight excluding hydrogens is 477 g/mol. The first-order chi connectivity index (χ1) is 17.4. The molecule has 1 aliphatic carbocycles. The van der Waals surface area contributed by atoms with Gasteiger partial charge < -0.3 is 14.7 Å². The predicted octanol–water partition coefficient (Wildman–Crippen LogP) is 6.09. The second kappa shape index (κ2) is 10.3. The van der Waals surface area contributed by atoms with Crippen LogP contribution in [0.2, 0.25) is 0 Å². The van der Waals surface area contributed by atoms with Crippen molar-refractivity contribution in [3.8, 4) is 22.8 Å². The molecule has 0 saturated heterocycles. The van der Waals surface area contributed by atoms with Crippen LogP contribution in [0.3, 0.4) is 0 Å². The molecule has 0 unspecified atom stereocenters. The molecule has 4 aromatic rings. The Hall–Kier alpha value is -3.36. The van der Waals surface area contributed by atoms with Crippen LogP contribution in [0.25, 0.3) is 21.5 Å². The van der Waals surface area contributed by atoms with Gasteiger partial charge in [0.15, 0.2) is 0 Å². The summed E-state index contributed by atoms with van der Waals surface area (Å²) in [5.74, 6) is 0.760. The SMILES string of the molecule is CN(C)C(=O)c1ccc(F)c(-c2cc(Oc3ccc4nc(C[C@@H]5CCCC[C@H]5O)sc4c3)ccn2)c1. The van der Waals surface area contributed by atoms with Gasteiger partial charge in [-0.1, -0.05) is 12.8 Å². The summed E-state index contributed by atoms with van der Waals surface area (Å²) in [5.41, 5.74) is 1.91. The monoisotopic (exact) mass is 505 g/mol. The lowest BCUT2D eigenvalue weighted by Gasteiger charge is -2.26. The highest BCUT2D eigenvalue weighted by molar-refractivity contribution is 7.18. The Bertz CT molecular complexity index is 1400. The summed E-state index contributed by atoms with van der Waals surface area (Å²) < 4.78 is 21.7. The fraction of sp³-hybridized carbons (Fsp3) is 0.321. The molecule has 0 bridgehead atoms. The van der Waals surface area contributed by atoms with E-state index in [4.69, 9.17) is 9.72 Å². The number of benzene rings is 2. The Morgan fingerprint density at radius 1 is 1.11 bits per heavy atom. The minimum absolute atomic E-state index is 0.209. The van der Waals surface area contributed by atoms with Gasteiger partial charge in [0.1, 0.15) is 17.3 Å². The minimum Gasteiger partial charge on any atom is -0.457 e. The highest BCUT2D eigenvalue weighted by atomic mass is 32.1. The number of nitrogens with zero attached hydrogens (tertiary/aromatic N) is 3. The summed E-state index contributed by atoms with van der Waals surface area (Å²) in [4.78, 5) is 22.8. The summed E-state index contributed by atoms with van der Waals surface area (Å²) in [5, 5.41) is 11.3. The topological polar surface area (TPSA) is 75.6 Å². The van der Waals surface area contributed by atoms with E-state index in [9.17, 15) is 14.3 Å². The third-order valence-electron chi connectivity index (χ3n) is 6.57. The zero-order chi connectivity index (χ0) is 25.2. The molecule has 186 valence electrons. The molecule has 2 heterocycles. The smallest absolute Gasteiger partial charge is 0.253 e. The van der Waals surface area contributed by atoms with Gasteiger partial charge in [0.05, 0.1) is 27.0 Å². The third-order valence-corrected chi connectivity index (χ3v) is 7.61. The lowest BCUT2D eigenvalue weighted by molar-refractivity contribution is 0.0700. The first kappa shape index (κ1) is 24.3. The van der Waals surface area contributed by atoms with Crippen LogP contribution in [-0.4, -0.2) is 46.1 Å². The van der Waals surface area contributed by atoms with Crippen molar-refractivity contribution in [1.82, 2.24) is 14.9 Å². The normalized spacial score (nSPS) is 17.8. The summed E-state index contributed by atoms with van der Waals surface area (Å²) in [7, 11) is 3.31. The van der Waals surface area contributed by atoms with Gasteiger partial charge in [0, 0.05) is 50.0 Å². The molecule has 6 nitrogen and oxygen atoms in total. The van der Waals surface area contributed by atoms with Gasteiger partial charge in [-0.2, -0.15) is 0 Å². The number of aromatic nitrogens is 2. The van der Waals surface area contributed by atoms with E-state index in [1.807, 2.05) is 18.2 Å². The highest BCUT2D eigenvalue weighted by Crippen LogP contribution is 2.34. The van der Waals surface area contributed by atoms with Crippen molar-refractivity contribution in [2.45, 2.75) is 38.2 Å². The minimum atomic E-state index is -0.461. The number of amides is 1. The van der Waals surface area contributed by atoms with Crippen molar-refractivity contribution in [2.75, 3.05) is 14.1 Å². The number of aliphatic hydroxyl groups excluding tert-OH is 1. The van der Waals surface area contributed by atoms with E-state index in [2.05, 4.69) is 4.98 Å². The number of ether oxygens (including phenoxy) is 1. The second-order valence-electron chi connectivity index (χ2n) is 9.43. The molecule has 1 saturated carbocycles. The zero-order valence-corrected chi connectivity index (χ0v) is 21.1. The summed E-state index contributed by atoms with van der Waals surface area (Å²) in [6.07, 6.45) is 6.30. The van der Waals surface area contributed by atoms with Gasteiger partial charge in [0.2, 0.25) is 0 Å². The first-order valence-electron chi connectivity index (χ1n) is 12.1. The van der Waals surface area contributed by atoms with Crippen molar-refractivity contribution in [3.05, 3.63) is 71.1 Å². The number of carbonyl (C=O) groups is 1. The van der Waals surface area contributed by atoms with Crippen molar-refractivity contribution >= 4 is 27.5 Å². The predicted molar refractivity (Wildman–Crippen MR) is 139 cm³/mol. The van der Waals surface area contributed by atoms with Gasteiger partial charge in [0.25, 0.3) is 5.91 Å². The molecule has 36 heavy (non-hydrogen) atoms. The van der Waals surface area contributed by atoms with Crippen molar-refractivity contribution in [2.24, 2.45) is 5.92 Å². The summed E-state index contributed by atoms with van der Waals surface area (Å²) in [6, 6.07) is 13.4. The molecule has 0 radical (unpaired) electrons. The number of rotatable bonds is 6. The van der Waals surface area contributed by atoms with E-state index in [0.717, 1.165) is 40.9 Å². The van der Waals surface area contributed by atoms with Gasteiger partial charge in [-0.15, -0.1) is 11.3 Å². The number of thiazole rings is 1. The lowest BCUT2D eigenvalue weighted by Crippen LogP contribution is -2.26. The first-order valence-corrected chi connectivity index (χ1v) is 12.9. The molecule has 1 amide bonds. The molecule has 2 aromatic carbocycles. The Labute approximate surface area is 213 Å². The van der Waals surface area contributed by atoms with Crippen LogP contribution in [0.4, 0.5) is 4.39 Å². The Balaban J connectivity index is 1.36. The van der Waals surface area contributed by atoms with E-state index in [-0.39, 0.29) is 23.5 Å². The molecule has 8 heteroatoms. The molecule has 5 rings (SSSR count). The quantitative estimate of drug-likeness (QED) is 0.343. The van der Waals surface area contributed by atoms with E-state index >= 15 is 0 Å². The van der Waals surface area contributed by atoms with E-state index in [1.54, 1.807) is 43.8 Å². The maximum atomic E-state index is 14.6. The molecule has 1 fully saturated rings. The number of aliphatic hydroxyl groups is 1. The van der Waals surface area contributed by atoms with Crippen LogP contribution < -0.4 is 4.74 Å². The number of halogens is 1. The van der Waals surface area contributed by atoms with Gasteiger partial charge in [-0.3, -0.25) is 9.78 Å². The Kier molecular flexibility index (Phi) is 6.98. The van der Waals surface area contributed by atoms with Crippen LogP contribution in [0, 0.1) is 11.7 Å². The number of carbonyl (C=O) groups excluding carboxylic acids is 1. The van der Waals surface area contributed by atoms with Crippen LogP contribution in [0.5, 0.6) is 11.5 Å². The second-order valence-corrected chi connectivity index (χ2v) is 10.5. The average Bonchev–Trinajstić information content (AvgIpc) is 3.27. The van der Waals surface area contributed by atoms with Crippen LogP contribution in [0.1, 0.15) is 41.0 Å². The largest absolute Gasteiger partial charge is 0.457 e. The van der Waals surface area contributed by atoms with Crippen molar-refractivity contribution < 1.29 is 19.0 Å². The fourth-order valence-electron chi connectivity index (χ4n) is 4.62. The average molecular weight is 506 g/mol. The van der Waals surface area contributed by atoms with Crippen LogP contribution >= 0.6 is 11.3 Å². The molecule has 1 N–H and O–H groups in total. The van der Waals surface area contributed by atoms with Gasteiger partial charge >= 0.3 is 0 Å².